The van der Waals surface area contributed by atoms with Crippen LogP contribution in [0.1, 0.15) is 22.7 Å². The second kappa shape index (κ2) is 6.21. The molecule has 2 nitrogen and oxygen atoms in total. The Morgan fingerprint density at radius 3 is 2.25 bits per heavy atom. The van der Waals surface area contributed by atoms with Crippen LogP contribution >= 0.6 is 0 Å². The summed E-state index contributed by atoms with van der Waals surface area (Å²) in [5.41, 5.74) is 4.20. The van der Waals surface area contributed by atoms with Crippen LogP contribution in [0.3, 0.4) is 0 Å². The van der Waals surface area contributed by atoms with Crippen molar-refractivity contribution in [1.82, 2.24) is 10.2 Å². The highest BCUT2D eigenvalue weighted by Gasteiger charge is 2.24. The van der Waals surface area contributed by atoms with E-state index in [2.05, 4.69) is 71.7 Å². The third-order valence-electron chi connectivity index (χ3n) is 4.12. The van der Waals surface area contributed by atoms with Crippen molar-refractivity contribution in [2.24, 2.45) is 0 Å². The molecule has 1 aliphatic heterocycles. The first-order valence-corrected chi connectivity index (χ1v) is 7.41. The quantitative estimate of drug-likeness (QED) is 0.919. The first-order valence-electron chi connectivity index (χ1n) is 7.41. The van der Waals surface area contributed by atoms with Gasteiger partial charge in [0.05, 0.1) is 6.04 Å². The fourth-order valence-corrected chi connectivity index (χ4v) is 3.06. The highest BCUT2D eigenvalue weighted by molar-refractivity contribution is 5.37. The molecule has 2 aromatic carbocycles. The van der Waals surface area contributed by atoms with Crippen LogP contribution in [0, 0.1) is 6.92 Å². The Morgan fingerprint density at radius 1 is 0.900 bits per heavy atom. The van der Waals surface area contributed by atoms with Gasteiger partial charge >= 0.3 is 0 Å². The largest absolute Gasteiger partial charge is 0.314 e. The van der Waals surface area contributed by atoms with Gasteiger partial charge in [-0.05, 0) is 23.6 Å². The van der Waals surface area contributed by atoms with Crippen molar-refractivity contribution in [3.63, 3.8) is 0 Å². The van der Waals surface area contributed by atoms with Gasteiger partial charge in [-0.2, -0.15) is 0 Å². The molecule has 0 unspecified atom stereocenters. The minimum atomic E-state index is 0.375. The zero-order chi connectivity index (χ0) is 13.8. The Kier molecular flexibility index (Phi) is 4.14. The van der Waals surface area contributed by atoms with Crippen molar-refractivity contribution in [3.05, 3.63) is 71.3 Å². The van der Waals surface area contributed by atoms with Gasteiger partial charge in [-0.15, -0.1) is 0 Å². The topological polar surface area (TPSA) is 15.3 Å². The van der Waals surface area contributed by atoms with E-state index in [-0.39, 0.29) is 0 Å². The van der Waals surface area contributed by atoms with E-state index in [1.165, 1.54) is 16.7 Å². The molecule has 3 rings (SSSR count). The SMILES string of the molecule is Cc1ccccc1[C@H](c1ccccc1)N1CCNCC1. The zero-order valence-corrected chi connectivity index (χ0v) is 12.0. The van der Waals surface area contributed by atoms with Gasteiger partial charge in [0.15, 0.2) is 0 Å². The van der Waals surface area contributed by atoms with Gasteiger partial charge in [-0.1, -0.05) is 54.6 Å². The average Bonchev–Trinajstić information content (AvgIpc) is 2.52. The van der Waals surface area contributed by atoms with E-state index < -0.39 is 0 Å². The molecule has 0 spiro atoms. The summed E-state index contributed by atoms with van der Waals surface area (Å²) in [6.45, 7) is 6.58. The van der Waals surface area contributed by atoms with E-state index in [1.807, 2.05) is 0 Å². The fraction of sp³-hybridized carbons (Fsp3) is 0.333. The number of nitrogens with zero attached hydrogens (tertiary/aromatic N) is 1. The second-order valence-electron chi connectivity index (χ2n) is 5.46. The number of nitrogens with one attached hydrogen (secondary N) is 1. The molecule has 0 saturated carbocycles. The maximum absolute atomic E-state index is 3.45. The molecule has 2 heteroatoms. The Labute approximate surface area is 121 Å². The first kappa shape index (κ1) is 13.3. The van der Waals surface area contributed by atoms with Crippen LogP contribution in [-0.4, -0.2) is 31.1 Å². The van der Waals surface area contributed by atoms with Gasteiger partial charge in [0.2, 0.25) is 0 Å². The second-order valence-corrected chi connectivity index (χ2v) is 5.46. The van der Waals surface area contributed by atoms with Crippen LogP contribution in [0.2, 0.25) is 0 Å². The van der Waals surface area contributed by atoms with Crippen LogP contribution in [0.25, 0.3) is 0 Å². The molecule has 1 fully saturated rings. The van der Waals surface area contributed by atoms with Gasteiger partial charge in [-0.25, -0.2) is 0 Å². The van der Waals surface area contributed by atoms with Crippen molar-refractivity contribution in [2.45, 2.75) is 13.0 Å². The standard InChI is InChI=1S/C18H22N2/c1-15-7-5-6-10-17(15)18(16-8-3-2-4-9-16)20-13-11-19-12-14-20/h2-10,18-19H,11-14H2,1H3/t18-/m0/s1. The number of aryl methyl sites for hydroxylation is 1. The van der Waals surface area contributed by atoms with Gasteiger partial charge in [0, 0.05) is 26.2 Å². The summed E-state index contributed by atoms with van der Waals surface area (Å²) in [6.07, 6.45) is 0. The monoisotopic (exact) mass is 266 g/mol. The predicted octanol–water partition coefficient (Wildman–Crippen LogP) is 2.99. The molecular formula is C18H22N2. The Balaban J connectivity index is 2.01. The predicted molar refractivity (Wildman–Crippen MR) is 83.9 cm³/mol. The normalized spacial score (nSPS) is 17.9. The molecular weight excluding hydrogens is 244 g/mol. The van der Waals surface area contributed by atoms with Crippen molar-refractivity contribution in [2.75, 3.05) is 26.2 Å². The summed E-state index contributed by atoms with van der Waals surface area (Å²) in [5, 5.41) is 3.45. The molecule has 104 valence electrons. The summed E-state index contributed by atoms with van der Waals surface area (Å²) in [4.78, 5) is 2.59. The Hall–Kier alpha value is -1.64. The molecule has 2 aromatic rings. The molecule has 0 radical (unpaired) electrons. The van der Waals surface area contributed by atoms with Crippen molar-refractivity contribution in [3.8, 4) is 0 Å². The van der Waals surface area contributed by atoms with Crippen LogP contribution in [-0.2, 0) is 0 Å². The number of hydrogen-bond donors (Lipinski definition) is 1. The molecule has 0 amide bonds. The van der Waals surface area contributed by atoms with Crippen molar-refractivity contribution >= 4 is 0 Å². The Bertz CT molecular complexity index is 544. The molecule has 1 N–H and O–H groups in total. The van der Waals surface area contributed by atoms with Gasteiger partial charge in [-0.3, -0.25) is 4.90 Å². The highest BCUT2D eigenvalue weighted by Crippen LogP contribution is 2.30. The van der Waals surface area contributed by atoms with Crippen molar-refractivity contribution in [1.29, 1.82) is 0 Å². The maximum atomic E-state index is 3.45. The van der Waals surface area contributed by atoms with Gasteiger partial charge in [0.1, 0.15) is 0 Å². The van der Waals surface area contributed by atoms with Gasteiger partial charge in [0.25, 0.3) is 0 Å². The molecule has 1 aliphatic rings. The molecule has 20 heavy (non-hydrogen) atoms. The minimum absolute atomic E-state index is 0.375. The molecule has 1 atom stereocenters. The third kappa shape index (κ3) is 2.77. The molecule has 0 aromatic heterocycles. The fourth-order valence-electron chi connectivity index (χ4n) is 3.06. The van der Waals surface area contributed by atoms with Crippen LogP contribution in [0.4, 0.5) is 0 Å². The number of hydrogen-bond acceptors (Lipinski definition) is 2. The average molecular weight is 266 g/mol. The zero-order valence-electron chi connectivity index (χ0n) is 12.0. The van der Waals surface area contributed by atoms with E-state index in [0.717, 1.165) is 26.2 Å². The van der Waals surface area contributed by atoms with Crippen LogP contribution in [0.15, 0.2) is 54.6 Å². The summed E-state index contributed by atoms with van der Waals surface area (Å²) in [6, 6.07) is 20.0. The van der Waals surface area contributed by atoms with Gasteiger partial charge < -0.3 is 5.32 Å². The molecule has 1 heterocycles. The number of piperazine rings is 1. The van der Waals surface area contributed by atoms with E-state index in [9.17, 15) is 0 Å². The molecule has 0 bridgehead atoms. The minimum Gasteiger partial charge on any atom is -0.314 e. The molecule has 1 saturated heterocycles. The number of benzene rings is 2. The number of rotatable bonds is 3. The highest BCUT2D eigenvalue weighted by atomic mass is 15.2. The van der Waals surface area contributed by atoms with Crippen LogP contribution in [0.5, 0.6) is 0 Å². The van der Waals surface area contributed by atoms with Crippen LogP contribution < -0.4 is 5.32 Å². The maximum Gasteiger partial charge on any atom is 0.0605 e. The summed E-state index contributed by atoms with van der Waals surface area (Å²) >= 11 is 0. The first-order chi connectivity index (χ1) is 9.86. The van der Waals surface area contributed by atoms with E-state index in [4.69, 9.17) is 0 Å². The lowest BCUT2D eigenvalue weighted by molar-refractivity contribution is 0.198. The van der Waals surface area contributed by atoms with Crippen molar-refractivity contribution < 1.29 is 0 Å². The summed E-state index contributed by atoms with van der Waals surface area (Å²) < 4.78 is 0. The summed E-state index contributed by atoms with van der Waals surface area (Å²) in [5.74, 6) is 0. The van der Waals surface area contributed by atoms with E-state index >= 15 is 0 Å². The van der Waals surface area contributed by atoms with E-state index in [0.29, 0.717) is 6.04 Å². The summed E-state index contributed by atoms with van der Waals surface area (Å²) in [7, 11) is 0. The lowest BCUT2D eigenvalue weighted by Crippen LogP contribution is -2.45. The molecule has 0 aliphatic carbocycles. The third-order valence-corrected chi connectivity index (χ3v) is 4.12. The smallest absolute Gasteiger partial charge is 0.0605 e. The lowest BCUT2D eigenvalue weighted by atomic mass is 9.93. The Morgan fingerprint density at radius 2 is 1.55 bits per heavy atom. The lowest BCUT2D eigenvalue weighted by Gasteiger charge is -2.36. The van der Waals surface area contributed by atoms with E-state index in [1.54, 1.807) is 0 Å².